The molecule has 27 heavy (non-hydrogen) atoms. The summed E-state index contributed by atoms with van der Waals surface area (Å²) in [6, 6.07) is 11.0. The van der Waals surface area contributed by atoms with Gasteiger partial charge in [-0.15, -0.1) is 0 Å². The molecule has 2 amide bonds. The zero-order valence-electron chi connectivity index (χ0n) is 15.1. The van der Waals surface area contributed by atoms with Gasteiger partial charge >= 0.3 is 0 Å². The molecular formula is C19H22IN5O2. The van der Waals surface area contributed by atoms with Crippen molar-refractivity contribution in [1.82, 2.24) is 15.2 Å². The minimum absolute atomic E-state index is 0.105. The van der Waals surface area contributed by atoms with Crippen LogP contribution in [0.4, 0.5) is 11.5 Å². The van der Waals surface area contributed by atoms with Crippen LogP contribution in [0.5, 0.6) is 0 Å². The Hall–Kier alpha value is -2.20. The van der Waals surface area contributed by atoms with Gasteiger partial charge in [0.15, 0.2) is 0 Å². The average Bonchev–Trinajstić information content (AvgIpc) is 2.68. The Balaban J connectivity index is 1.49. The summed E-state index contributed by atoms with van der Waals surface area (Å²) < 4.78 is 0.842. The highest BCUT2D eigenvalue weighted by Gasteiger charge is 2.15. The molecule has 2 N–H and O–H groups in total. The molecule has 0 aliphatic carbocycles. The van der Waals surface area contributed by atoms with Gasteiger partial charge in [0.25, 0.3) is 5.91 Å². The van der Waals surface area contributed by atoms with E-state index in [0.29, 0.717) is 11.4 Å². The predicted octanol–water partition coefficient (Wildman–Crippen LogP) is 1.81. The van der Waals surface area contributed by atoms with Crippen LogP contribution in [0, 0.1) is 3.57 Å². The molecule has 0 unspecified atom stereocenters. The predicted molar refractivity (Wildman–Crippen MR) is 114 cm³/mol. The van der Waals surface area contributed by atoms with Crippen molar-refractivity contribution in [2.45, 2.75) is 0 Å². The highest BCUT2D eigenvalue weighted by Crippen LogP contribution is 2.16. The molecule has 0 saturated carbocycles. The number of anilines is 2. The summed E-state index contributed by atoms with van der Waals surface area (Å²) in [6.45, 7) is 3.88. The number of rotatable bonds is 5. The monoisotopic (exact) mass is 479 g/mol. The van der Waals surface area contributed by atoms with Crippen LogP contribution in [-0.2, 0) is 4.79 Å². The van der Waals surface area contributed by atoms with Crippen LogP contribution < -0.4 is 15.5 Å². The van der Waals surface area contributed by atoms with Gasteiger partial charge in [0, 0.05) is 29.7 Å². The Bertz CT molecular complexity index is 804. The van der Waals surface area contributed by atoms with E-state index in [4.69, 9.17) is 0 Å². The van der Waals surface area contributed by atoms with Gasteiger partial charge < -0.3 is 20.4 Å². The van der Waals surface area contributed by atoms with Gasteiger partial charge in [-0.2, -0.15) is 0 Å². The van der Waals surface area contributed by atoms with Crippen molar-refractivity contribution in [2.75, 3.05) is 50.0 Å². The molecule has 142 valence electrons. The first kappa shape index (κ1) is 19.6. The van der Waals surface area contributed by atoms with Crippen molar-refractivity contribution in [3.05, 3.63) is 51.7 Å². The van der Waals surface area contributed by atoms with Crippen LogP contribution in [0.3, 0.4) is 0 Å². The Morgan fingerprint density at radius 3 is 2.52 bits per heavy atom. The third-order valence-corrected chi connectivity index (χ3v) is 5.35. The van der Waals surface area contributed by atoms with Gasteiger partial charge in [0.2, 0.25) is 5.91 Å². The van der Waals surface area contributed by atoms with E-state index in [-0.39, 0.29) is 18.4 Å². The number of benzene rings is 1. The lowest BCUT2D eigenvalue weighted by atomic mass is 10.2. The first-order chi connectivity index (χ1) is 13.0. The number of hydrogen-bond donors (Lipinski definition) is 2. The molecular weight excluding hydrogens is 457 g/mol. The second kappa shape index (κ2) is 9.14. The molecule has 2 aromatic rings. The Labute approximate surface area is 172 Å². The third kappa shape index (κ3) is 5.39. The first-order valence-electron chi connectivity index (χ1n) is 8.75. The number of piperazine rings is 1. The van der Waals surface area contributed by atoms with Gasteiger partial charge in [-0.3, -0.25) is 9.59 Å². The second-order valence-corrected chi connectivity index (χ2v) is 7.56. The van der Waals surface area contributed by atoms with Gasteiger partial charge in [-0.05, 0) is 53.9 Å². The molecule has 1 aliphatic heterocycles. The Morgan fingerprint density at radius 1 is 1.11 bits per heavy atom. The molecule has 1 fully saturated rings. The number of aromatic nitrogens is 1. The summed E-state index contributed by atoms with van der Waals surface area (Å²) in [7, 11) is 2.12. The lowest BCUT2D eigenvalue weighted by molar-refractivity contribution is -0.115. The van der Waals surface area contributed by atoms with E-state index < -0.39 is 0 Å². The van der Waals surface area contributed by atoms with E-state index in [0.717, 1.165) is 35.4 Å². The topological polar surface area (TPSA) is 77.6 Å². The maximum atomic E-state index is 12.1. The van der Waals surface area contributed by atoms with Gasteiger partial charge in [-0.25, -0.2) is 4.98 Å². The van der Waals surface area contributed by atoms with Gasteiger partial charge in [0.1, 0.15) is 5.82 Å². The molecule has 0 atom stereocenters. The number of amides is 2. The SMILES string of the molecule is CN1CCN(c2ccc(NC(=O)CNC(=O)c3ccccc3I)nc2)CC1. The number of nitrogens with one attached hydrogen (secondary N) is 2. The average molecular weight is 479 g/mol. The molecule has 2 heterocycles. The zero-order chi connectivity index (χ0) is 19.2. The Kier molecular flexibility index (Phi) is 6.62. The number of pyridine rings is 1. The van der Waals surface area contributed by atoms with Crippen LogP contribution in [0.1, 0.15) is 10.4 Å². The summed E-state index contributed by atoms with van der Waals surface area (Å²) >= 11 is 2.10. The number of halogens is 1. The minimum Gasteiger partial charge on any atom is -0.368 e. The van der Waals surface area contributed by atoms with Crippen molar-refractivity contribution in [3.8, 4) is 0 Å². The molecule has 3 rings (SSSR count). The quantitative estimate of drug-likeness (QED) is 0.640. The summed E-state index contributed by atoms with van der Waals surface area (Å²) in [4.78, 5) is 33.1. The van der Waals surface area contributed by atoms with E-state index in [1.165, 1.54) is 0 Å². The van der Waals surface area contributed by atoms with Crippen LogP contribution in [-0.4, -0.2) is 61.5 Å². The fourth-order valence-corrected chi connectivity index (χ4v) is 3.43. The number of carbonyl (C=O) groups excluding carboxylic acids is 2. The molecule has 0 bridgehead atoms. The van der Waals surface area contributed by atoms with Crippen molar-refractivity contribution >= 4 is 45.9 Å². The van der Waals surface area contributed by atoms with Gasteiger partial charge in [0.05, 0.1) is 24.0 Å². The van der Waals surface area contributed by atoms with Crippen molar-refractivity contribution in [1.29, 1.82) is 0 Å². The summed E-state index contributed by atoms with van der Waals surface area (Å²) in [6.07, 6.45) is 1.77. The highest BCUT2D eigenvalue weighted by atomic mass is 127. The van der Waals surface area contributed by atoms with E-state index in [1.807, 2.05) is 18.2 Å². The zero-order valence-corrected chi connectivity index (χ0v) is 17.3. The van der Waals surface area contributed by atoms with Crippen LogP contribution >= 0.6 is 22.6 Å². The minimum atomic E-state index is -0.311. The third-order valence-electron chi connectivity index (χ3n) is 4.41. The molecule has 0 spiro atoms. The summed E-state index contributed by atoms with van der Waals surface area (Å²) in [5.74, 6) is -0.107. The number of carbonyl (C=O) groups is 2. The van der Waals surface area contributed by atoms with E-state index in [9.17, 15) is 9.59 Å². The summed E-state index contributed by atoms with van der Waals surface area (Å²) in [5.41, 5.74) is 1.61. The van der Waals surface area contributed by atoms with Gasteiger partial charge in [-0.1, -0.05) is 12.1 Å². The van der Waals surface area contributed by atoms with E-state index >= 15 is 0 Å². The summed E-state index contributed by atoms with van der Waals surface area (Å²) in [5, 5.41) is 5.34. The molecule has 8 heteroatoms. The molecule has 1 aliphatic rings. The van der Waals surface area contributed by atoms with Crippen LogP contribution in [0.25, 0.3) is 0 Å². The standard InChI is InChI=1S/C19H22IN5O2/c1-24-8-10-25(11-9-24)14-6-7-17(21-12-14)23-18(26)13-22-19(27)15-4-2-3-5-16(15)20/h2-7,12H,8-11,13H2,1H3,(H,22,27)(H,21,23,26). The van der Waals surface area contributed by atoms with Crippen LogP contribution in [0.15, 0.2) is 42.6 Å². The maximum absolute atomic E-state index is 12.1. The van der Waals surface area contributed by atoms with E-state index in [1.54, 1.807) is 24.4 Å². The van der Waals surface area contributed by atoms with Crippen molar-refractivity contribution < 1.29 is 9.59 Å². The number of hydrogen-bond acceptors (Lipinski definition) is 5. The lowest BCUT2D eigenvalue weighted by Crippen LogP contribution is -2.44. The normalized spacial score (nSPS) is 14.7. The van der Waals surface area contributed by atoms with Crippen LogP contribution in [0.2, 0.25) is 0 Å². The molecule has 1 aromatic carbocycles. The maximum Gasteiger partial charge on any atom is 0.252 e. The largest absolute Gasteiger partial charge is 0.368 e. The molecule has 1 aromatic heterocycles. The second-order valence-electron chi connectivity index (χ2n) is 6.40. The fourth-order valence-electron chi connectivity index (χ4n) is 2.80. The Morgan fingerprint density at radius 2 is 1.85 bits per heavy atom. The van der Waals surface area contributed by atoms with Crippen molar-refractivity contribution in [2.24, 2.45) is 0 Å². The lowest BCUT2D eigenvalue weighted by Gasteiger charge is -2.33. The number of likely N-dealkylation sites (N-methyl/N-ethyl adjacent to an activating group) is 1. The van der Waals surface area contributed by atoms with Crippen molar-refractivity contribution in [3.63, 3.8) is 0 Å². The highest BCUT2D eigenvalue weighted by molar-refractivity contribution is 14.1. The van der Waals surface area contributed by atoms with E-state index in [2.05, 4.69) is 55.1 Å². The molecule has 0 radical (unpaired) electrons. The smallest absolute Gasteiger partial charge is 0.252 e. The number of nitrogens with zero attached hydrogens (tertiary/aromatic N) is 3. The fraction of sp³-hybridized carbons (Fsp3) is 0.316. The molecule has 7 nitrogen and oxygen atoms in total. The molecule has 1 saturated heterocycles. The first-order valence-corrected chi connectivity index (χ1v) is 9.83.